The zero-order valence-corrected chi connectivity index (χ0v) is 9.14. The van der Waals surface area contributed by atoms with Crippen molar-refractivity contribution in [2.75, 3.05) is 0 Å². The Balaban J connectivity index is 4.51. The zero-order valence-electron chi connectivity index (χ0n) is 9.14. The van der Waals surface area contributed by atoms with Crippen molar-refractivity contribution in [2.45, 2.75) is 33.6 Å². The van der Waals surface area contributed by atoms with Gasteiger partial charge in [-0.1, -0.05) is 56.7 Å². The van der Waals surface area contributed by atoms with Crippen molar-refractivity contribution < 1.29 is 0 Å². The Morgan fingerprint density at radius 1 is 1.38 bits per heavy atom. The summed E-state index contributed by atoms with van der Waals surface area (Å²) in [5.41, 5.74) is 2.60. The smallest absolute Gasteiger partial charge is 0.0282 e. The average Bonchev–Trinajstić information content (AvgIpc) is 2.03. The third-order valence-corrected chi connectivity index (χ3v) is 1.75. The Kier molecular flexibility index (Phi) is 6.30. The largest absolute Gasteiger partial charge is 0.0988 e. The van der Waals surface area contributed by atoms with Crippen LogP contribution >= 0.6 is 0 Å². The lowest BCUT2D eigenvalue weighted by molar-refractivity contribution is 0.813. The van der Waals surface area contributed by atoms with Gasteiger partial charge in [-0.3, -0.25) is 0 Å². The first-order chi connectivity index (χ1) is 6.10. The summed E-state index contributed by atoms with van der Waals surface area (Å²) in [6.07, 6.45) is 8.39. The number of allylic oxidation sites excluding steroid dienone is 5. The van der Waals surface area contributed by atoms with E-state index in [1.54, 1.807) is 0 Å². The SMILES string of the molecule is [CH2]CCC(C=C(C)C=C)=CC(C)C. The minimum Gasteiger partial charge on any atom is -0.0988 e. The molecule has 0 aliphatic heterocycles. The number of hydrogen-bond acceptors (Lipinski definition) is 0. The van der Waals surface area contributed by atoms with E-state index in [9.17, 15) is 0 Å². The molecule has 0 amide bonds. The van der Waals surface area contributed by atoms with Crippen molar-refractivity contribution in [2.24, 2.45) is 5.92 Å². The van der Waals surface area contributed by atoms with Crippen molar-refractivity contribution in [3.05, 3.63) is 42.9 Å². The van der Waals surface area contributed by atoms with E-state index in [-0.39, 0.29) is 0 Å². The van der Waals surface area contributed by atoms with Crippen LogP contribution in [0.15, 0.2) is 36.0 Å². The molecule has 0 saturated carbocycles. The van der Waals surface area contributed by atoms with Gasteiger partial charge in [0.2, 0.25) is 0 Å². The second-order valence-corrected chi connectivity index (χ2v) is 3.68. The van der Waals surface area contributed by atoms with E-state index in [0.29, 0.717) is 5.92 Å². The number of rotatable bonds is 5. The Hall–Kier alpha value is -0.780. The lowest BCUT2D eigenvalue weighted by Gasteiger charge is -2.03. The molecule has 0 N–H and O–H groups in total. The van der Waals surface area contributed by atoms with E-state index in [1.807, 2.05) is 6.08 Å². The Labute approximate surface area is 83.0 Å². The molecular formula is C13H21. The lowest BCUT2D eigenvalue weighted by Crippen LogP contribution is -1.86. The van der Waals surface area contributed by atoms with Gasteiger partial charge in [0.25, 0.3) is 0 Å². The summed E-state index contributed by atoms with van der Waals surface area (Å²) in [5, 5.41) is 0. The predicted molar refractivity (Wildman–Crippen MR) is 61.5 cm³/mol. The highest BCUT2D eigenvalue weighted by atomic mass is 14.0. The molecule has 0 nitrogen and oxygen atoms in total. The molecule has 0 aliphatic rings. The minimum absolute atomic E-state index is 0.607. The Morgan fingerprint density at radius 2 is 2.00 bits per heavy atom. The van der Waals surface area contributed by atoms with E-state index in [0.717, 1.165) is 12.8 Å². The first-order valence-electron chi connectivity index (χ1n) is 4.90. The molecule has 0 unspecified atom stereocenters. The minimum atomic E-state index is 0.607. The second-order valence-electron chi connectivity index (χ2n) is 3.68. The van der Waals surface area contributed by atoms with Gasteiger partial charge in [0.1, 0.15) is 0 Å². The first kappa shape index (κ1) is 12.2. The molecule has 0 atom stereocenters. The van der Waals surface area contributed by atoms with Crippen molar-refractivity contribution in [1.29, 1.82) is 0 Å². The summed E-state index contributed by atoms with van der Waals surface area (Å²) in [5.74, 6) is 0.607. The molecule has 0 spiro atoms. The van der Waals surface area contributed by atoms with Crippen LogP contribution in [0.5, 0.6) is 0 Å². The standard InChI is InChI=1S/C13H21/c1-6-8-13(9-11(3)4)10-12(5)7-2/h7,9-11H,1-2,6,8H2,3-5H3. The molecule has 0 aromatic carbocycles. The maximum absolute atomic E-state index is 3.87. The first-order valence-corrected chi connectivity index (χ1v) is 4.90. The highest BCUT2D eigenvalue weighted by Crippen LogP contribution is 2.13. The third-order valence-electron chi connectivity index (χ3n) is 1.75. The van der Waals surface area contributed by atoms with E-state index in [2.05, 4.69) is 46.4 Å². The van der Waals surface area contributed by atoms with Gasteiger partial charge in [0.15, 0.2) is 0 Å². The van der Waals surface area contributed by atoms with Gasteiger partial charge in [0.05, 0.1) is 0 Å². The fourth-order valence-corrected chi connectivity index (χ4v) is 1.19. The van der Waals surface area contributed by atoms with Crippen molar-refractivity contribution in [3.63, 3.8) is 0 Å². The quantitative estimate of drug-likeness (QED) is 0.549. The Bertz CT molecular complexity index is 204. The summed E-state index contributed by atoms with van der Waals surface area (Å²) < 4.78 is 0. The topological polar surface area (TPSA) is 0 Å². The summed E-state index contributed by atoms with van der Waals surface area (Å²) in [4.78, 5) is 0. The van der Waals surface area contributed by atoms with Crippen molar-refractivity contribution >= 4 is 0 Å². The monoisotopic (exact) mass is 177 g/mol. The Morgan fingerprint density at radius 3 is 2.38 bits per heavy atom. The molecule has 0 saturated heterocycles. The van der Waals surface area contributed by atoms with Crippen LogP contribution in [0.3, 0.4) is 0 Å². The maximum atomic E-state index is 3.87. The molecule has 0 fully saturated rings. The molecule has 73 valence electrons. The van der Waals surface area contributed by atoms with E-state index < -0.39 is 0 Å². The maximum Gasteiger partial charge on any atom is -0.0282 e. The molecular weight excluding hydrogens is 156 g/mol. The van der Waals surface area contributed by atoms with Gasteiger partial charge < -0.3 is 0 Å². The molecule has 0 aromatic rings. The van der Waals surface area contributed by atoms with Crippen LogP contribution in [-0.4, -0.2) is 0 Å². The van der Waals surface area contributed by atoms with Crippen LogP contribution in [0.2, 0.25) is 0 Å². The molecule has 0 rings (SSSR count). The summed E-state index contributed by atoms with van der Waals surface area (Å²) >= 11 is 0. The lowest BCUT2D eigenvalue weighted by atomic mass is 10.0. The fraction of sp³-hybridized carbons (Fsp3) is 0.462. The second kappa shape index (κ2) is 6.71. The van der Waals surface area contributed by atoms with Gasteiger partial charge in [-0.15, -0.1) is 0 Å². The van der Waals surface area contributed by atoms with Crippen LogP contribution in [0.4, 0.5) is 0 Å². The van der Waals surface area contributed by atoms with Gasteiger partial charge in [-0.2, -0.15) is 0 Å². The molecule has 0 aliphatic carbocycles. The summed E-state index contributed by atoms with van der Waals surface area (Å²) in [7, 11) is 0. The van der Waals surface area contributed by atoms with Crippen LogP contribution < -0.4 is 0 Å². The van der Waals surface area contributed by atoms with E-state index in [4.69, 9.17) is 0 Å². The van der Waals surface area contributed by atoms with Crippen LogP contribution in [0.25, 0.3) is 0 Å². The molecule has 0 heterocycles. The van der Waals surface area contributed by atoms with Crippen molar-refractivity contribution in [3.8, 4) is 0 Å². The third kappa shape index (κ3) is 6.39. The molecule has 0 bridgehead atoms. The average molecular weight is 177 g/mol. The normalized spacial score (nSPS) is 13.6. The fourth-order valence-electron chi connectivity index (χ4n) is 1.19. The van der Waals surface area contributed by atoms with Crippen molar-refractivity contribution in [1.82, 2.24) is 0 Å². The summed E-state index contributed by atoms with van der Waals surface area (Å²) in [6, 6.07) is 0. The summed E-state index contributed by atoms with van der Waals surface area (Å²) in [6.45, 7) is 14.1. The van der Waals surface area contributed by atoms with Crippen LogP contribution in [-0.2, 0) is 0 Å². The molecule has 0 aromatic heterocycles. The predicted octanol–water partition coefficient (Wildman–Crippen LogP) is 4.32. The highest BCUT2D eigenvalue weighted by molar-refractivity contribution is 5.28. The van der Waals surface area contributed by atoms with Gasteiger partial charge in [-0.25, -0.2) is 0 Å². The van der Waals surface area contributed by atoms with Gasteiger partial charge >= 0.3 is 0 Å². The highest BCUT2D eigenvalue weighted by Gasteiger charge is 1.94. The van der Waals surface area contributed by atoms with E-state index >= 15 is 0 Å². The molecule has 0 heteroatoms. The molecule has 1 radical (unpaired) electrons. The van der Waals surface area contributed by atoms with Gasteiger partial charge in [-0.05, 0) is 25.7 Å². The van der Waals surface area contributed by atoms with E-state index in [1.165, 1.54) is 11.1 Å². The zero-order chi connectivity index (χ0) is 10.3. The molecule has 13 heavy (non-hydrogen) atoms. The van der Waals surface area contributed by atoms with Crippen LogP contribution in [0, 0.1) is 12.8 Å². The van der Waals surface area contributed by atoms with Crippen LogP contribution in [0.1, 0.15) is 33.6 Å². The van der Waals surface area contributed by atoms with Gasteiger partial charge in [0, 0.05) is 0 Å². The number of hydrogen-bond donors (Lipinski definition) is 0.